The average molecular weight is 336 g/mol. The van der Waals surface area contributed by atoms with Crippen LogP contribution >= 0.6 is 15.9 Å². The number of hydrogen-bond acceptors (Lipinski definition) is 3. The summed E-state index contributed by atoms with van der Waals surface area (Å²) in [6, 6.07) is 13.5. The van der Waals surface area contributed by atoms with Gasteiger partial charge in [-0.25, -0.2) is 0 Å². The summed E-state index contributed by atoms with van der Waals surface area (Å²) in [6.45, 7) is 3.25. The van der Waals surface area contributed by atoms with E-state index >= 15 is 0 Å². The van der Waals surface area contributed by atoms with E-state index in [4.69, 9.17) is 15.2 Å². The zero-order valence-electron chi connectivity index (χ0n) is 11.4. The Bertz CT molecular complexity index is 572. The molecule has 0 saturated carbocycles. The predicted octanol–water partition coefficient (Wildman–Crippen LogP) is 4.19. The number of benzene rings is 2. The van der Waals surface area contributed by atoms with E-state index in [0.717, 1.165) is 28.0 Å². The van der Waals surface area contributed by atoms with Crippen molar-refractivity contribution in [1.82, 2.24) is 0 Å². The van der Waals surface area contributed by atoms with Crippen molar-refractivity contribution in [3.05, 3.63) is 52.5 Å². The van der Waals surface area contributed by atoms with Crippen LogP contribution in [0.2, 0.25) is 0 Å². The fourth-order valence-corrected chi connectivity index (χ4v) is 2.00. The molecule has 0 aromatic heterocycles. The lowest BCUT2D eigenvalue weighted by Gasteiger charge is -2.10. The van der Waals surface area contributed by atoms with Crippen molar-refractivity contribution in [2.24, 2.45) is 0 Å². The van der Waals surface area contributed by atoms with E-state index in [2.05, 4.69) is 15.9 Å². The molecule has 0 atom stereocenters. The van der Waals surface area contributed by atoms with Gasteiger partial charge >= 0.3 is 0 Å². The van der Waals surface area contributed by atoms with Crippen LogP contribution in [0.1, 0.15) is 12.0 Å². The van der Waals surface area contributed by atoms with Crippen molar-refractivity contribution in [3.8, 4) is 11.5 Å². The van der Waals surface area contributed by atoms with Crippen LogP contribution in [-0.2, 0) is 0 Å². The molecule has 106 valence electrons. The van der Waals surface area contributed by atoms with Crippen molar-refractivity contribution in [3.63, 3.8) is 0 Å². The van der Waals surface area contributed by atoms with Gasteiger partial charge in [-0.2, -0.15) is 0 Å². The average Bonchev–Trinajstić information content (AvgIpc) is 2.44. The van der Waals surface area contributed by atoms with Crippen LogP contribution in [0, 0.1) is 6.92 Å². The van der Waals surface area contributed by atoms with E-state index in [1.807, 2.05) is 49.4 Å². The van der Waals surface area contributed by atoms with Crippen molar-refractivity contribution in [2.75, 3.05) is 18.9 Å². The van der Waals surface area contributed by atoms with Crippen molar-refractivity contribution < 1.29 is 9.47 Å². The van der Waals surface area contributed by atoms with Crippen molar-refractivity contribution in [1.29, 1.82) is 0 Å². The second-order valence-electron chi connectivity index (χ2n) is 4.50. The summed E-state index contributed by atoms with van der Waals surface area (Å²) in [5, 5.41) is 0. The number of para-hydroxylation sites is 2. The summed E-state index contributed by atoms with van der Waals surface area (Å²) in [5.41, 5.74) is 7.62. The molecule has 20 heavy (non-hydrogen) atoms. The summed E-state index contributed by atoms with van der Waals surface area (Å²) >= 11 is 3.47. The van der Waals surface area contributed by atoms with Crippen LogP contribution in [-0.4, -0.2) is 13.2 Å². The topological polar surface area (TPSA) is 44.5 Å². The SMILES string of the molecule is Cc1cc(OCCCOc2ccccc2N)ccc1Br. The van der Waals surface area contributed by atoms with E-state index in [1.54, 1.807) is 0 Å². The van der Waals surface area contributed by atoms with Gasteiger partial charge in [0.2, 0.25) is 0 Å². The molecule has 0 aliphatic carbocycles. The van der Waals surface area contributed by atoms with E-state index in [1.165, 1.54) is 0 Å². The number of ether oxygens (including phenoxy) is 2. The van der Waals surface area contributed by atoms with Gasteiger partial charge in [0.25, 0.3) is 0 Å². The van der Waals surface area contributed by atoms with Crippen LogP contribution < -0.4 is 15.2 Å². The van der Waals surface area contributed by atoms with Gasteiger partial charge in [-0.05, 0) is 42.8 Å². The molecule has 0 bridgehead atoms. The van der Waals surface area contributed by atoms with Crippen LogP contribution in [0.4, 0.5) is 5.69 Å². The molecule has 0 fully saturated rings. The predicted molar refractivity (Wildman–Crippen MR) is 85.3 cm³/mol. The molecule has 3 nitrogen and oxygen atoms in total. The normalized spacial score (nSPS) is 10.3. The molecule has 2 N–H and O–H groups in total. The lowest BCUT2D eigenvalue weighted by molar-refractivity contribution is 0.248. The molecule has 0 heterocycles. The van der Waals surface area contributed by atoms with Crippen LogP contribution in [0.5, 0.6) is 11.5 Å². The van der Waals surface area contributed by atoms with Gasteiger partial charge in [0, 0.05) is 10.9 Å². The van der Waals surface area contributed by atoms with E-state index in [-0.39, 0.29) is 0 Å². The molecule has 0 saturated heterocycles. The molecular weight excluding hydrogens is 318 g/mol. The number of nitrogen functional groups attached to an aromatic ring is 1. The van der Waals surface area contributed by atoms with Gasteiger partial charge in [0.15, 0.2) is 0 Å². The molecule has 2 rings (SSSR count). The molecule has 0 spiro atoms. The van der Waals surface area contributed by atoms with Gasteiger partial charge < -0.3 is 15.2 Å². The fourth-order valence-electron chi connectivity index (χ4n) is 1.75. The highest BCUT2D eigenvalue weighted by Gasteiger charge is 2.00. The summed E-state index contributed by atoms with van der Waals surface area (Å²) in [7, 11) is 0. The van der Waals surface area contributed by atoms with Gasteiger partial charge in [0.1, 0.15) is 11.5 Å². The van der Waals surface area contributed by atoms with E-state index < -0.39 is 0 Å². The molecule has 0 radical (unpaired) electrons. The van der Waals surface area contributed by atoms with Gasteiger partial charge in [-0.1, -0.05) is 28.1 Å². The van der Waals surface area contributed by atoms with E-state index in [9.17, 15) is 0 Å². The quantitative estimate of drug-likeness (QED) is 0.635. The van der Waals surface area contributed by atoms with Crippen molar-refractivity contribution in [2.45, 2.75) is 13.3 Å². The third-order valence-corrected chi connectivity index (χ3v) is 3.75. The first-order chi connectivity index (χ1) is 9.66. The zero-order chi connectivity index (χ0) is 14.4. The highest BCUT2D eigenvalue weighted by atomic mass is 79.9. The molecule has 0 unspecified atom stereocenters. The summed E-state index contributed by atoms with van der Waals surface area (Å²) in [4.78, 5) is 0. The minimum atomic E-state index is 0.587. The van der Waals surface area contributed by atoms with Crippen LogP contribution in [0.25, 0.3) is 0 Å². The molecule has 0 amide bonds. The lowest BCUT2D eigenvalue weighted by Crippen LogP contribution is -2.06. The first-order valence-corrected chi connectivity index (χ1v) is 7.32. The molecular formula is C16H18BrNO2. The Balaban J connectivity index is 1.71. The lowest BCUT2D eigenvalue weighted by atomic mass is 10.2. The third kappa shape index (κ3) is 4.17. The van der Waals surface area contributed by atoms with Crippen LogP contribution in [0.15, 0.2) is 46.9 Å². The Labute approximate surface area is 127 Å². The first kappa shape index (κ1) is 14.7. The standard InChI is InChI=1S/C16H18BrNO2/c1-12-11-13(7-8-14(12)17)19-9-4-10-20-16-6-3-2-5-15(16)18/h2-3,5-8,11H,4,9-10,18H2,1H3. The second kappa shape index (κ2) is 7.20. The zero-order valence-corrected chi connectivity index (χ0v) is 13.0. The minimum absolute atomic E-state index is 0.587. The molecule has 4 heteroatoms. The van der Waals surface area contributed by atoms with Gasteiger partial charge in [-0.3, -0.25) is 0 Å². The van der Waals surface area contributed by atoms with Crippen LogP contribution in [0.3, 0.4) is 0 Å². The van der Waals surface area contributed by atoms with Gasteiger partial charge in [0.05, 0.1) is 18.9 Å². The monoisotopic (exact) mass is 335 g/mol. The second-order valence-corrected chi connectivity index (χ2v) is 5.35. The Morgan fingerprint density at radius 1 is 1.05 bits per heavy atom. The number of rotatable bonds is 6. The Kier molecular flexibility index (Phi) is 5.30. The minimum Gasteiger partial charge on any atom is -0.493 e. The highest BCUT2D eigenvalue weighted by molar-refractivity contribution is 9.10. The Hall–Kier alpha value is -1.68. The number of halogens is 1. The molecule has 2 aromatic carbocycles. The maximum Gasteiger partial charge on any atom is 0.142 e. The summed E-state index contributed by atoms with van der Waals surface area (Å²) in [6.07, 6.45) is 0.809. The first-order valence-electron chi connectivity index (χ1n) is 6.53. The highest BCUT2D eigenvalue weighted by Crippen LogP contribution is 2.22. The number of hydrogen-bond donors (Lipinski definition) is 1. The largest absolute Gasteiger partial charge is 0.493 e. The smallest absolute Gasteiger partial charge is 0.142 e. The Morgan fingerprint density at radius 3 is 2.55 bits per heavy atom. The Morgan fingerprint density at radius 2 is 1.80 bits per heavy atom. The summed E-state index contributed by atoms with van der Waals surface area (Å²) < 4.78 is 12.4. The fraction of sp³-hybridized carbons (Fsp3) is 0.250. The maximum atomic E-state index is 5.80. The number of anilines is 1. The summed E-state index contributed by atoms with van der Waals surface area (Å²) in [5.74, 6) is 1.61. The molecule has 2 aromatic rings. The number of nitrogens with two attached hydrogens (primary N) is 1. The molecule has 0 aliphatic rings. The van der Waals surface area contributed by atoms with Gasteiger partial charge in [-0.15, -0.1) is 0 Å². The maximum absolute atomic E-state index is 5.80. The molecule has 0 aliphatic heterocycles. The third-order valence-electron chi connectivity index (χ3n) is 2.86. The van der Waals surface area contributed by atoms with E-state index in [0.29, 0.717) is 18.9 Å². The number of aryl methyl sites for hydroxylation is 1. The van der Waals surface area contributed by atoms with Crippen molar-refractivity contribution >= 4 is 21.6 Å².